The molecular weight excluding hydrogens is 352 g/mol. The number of hydrogen-bond donors (Lipinski definition) is 2. The Bertz CT molecular complexity index is 1060. The maximum absolute atomic E-state index is 12.2. The number of benzene rings is 2. The molecule has 0 fully saturated rings. The van der Waals surface area contributed by atoms with Gasteiger partial charge in [0.1, 0.15) is 11.5 Å². The first-order valence-electron chi connectivity index (χ1n) is 7.84. The SMILES string of the molecule is NC(=O)c1ccc(-c2ccc(/C=C3\C(=O)Nc4ccc(Cl)cc43)o2)cc1. The smallest absolute Gasteiger partial charge is 0.256 e. The number of carbonyl (C=O) groups excluding carboxylic acids is 2. The third-order valence-corrected chi connectivity index (χ3v) is 4.37. The fourth-order valence-electron chi connectivity index (χ4n) is 2.83. The molecule has 0 unspecified atom stereocenters. The number of primary amides is 1. The molecule has 1 aromatic heterocycles. The van der Waals surface area contributed by atoms with Crippen LogP contribution >= 0.6 is 11.6 Å². The van der Waals surface area contributed by atoms with Crippen LogP contribution in [0.25, 0.3) is 23.0 Å². The van der Waals surface area contributed by atoms with Gasteiger partial charge in [-0.05, 0) is 48.5 Å². The van der Waals surface area contributed by atoms with Gasteiger partial charge in [-0.3, -0.25) is 9.59 Å². The minimum atomic E-state index is -0.481. The van der Waals surface area contributed by atoms with Crippen LogP contribution in [0.1, 0.15) is 21.7 Å². The zero-order valence-electron chi connectivity index (χ0n) is 13.5. The van der Waals surface area contributed by atoms with Crippen LogP contribution < -0.4 is 11.1 Å². The first-order valence-corrected chi connectivity index (χ1v) is 8.22. The van der Waals surface area contributed by atoms with Gasteiger partial charge in [-0.25, -0.2) is 0 Å². The molecule has 3 N–H and O–H groups in total. The van der Waals surface area contributed by atoms with E-state index >= 15 is 0 Å². The van der Waals surface area contributed by atoms with Crippen molar-refractivity contribution in [2.45, 2.75) is 0 Å². The van der Waals surface area contributed by atoms with Gasteiger partial charge in [0.05, 0.1) is 5.57 Å². The molecule has 0 saturated heterocycles. The topological polar surface area (TPSA) is 85.3 Å². The Kier molecular flexibility index (Phi) is 3.86. The van der Waals surface area contributed by atoms with Crippen LogP contribution in [-0.4, -0.2) is 11.8 Å². The van der Waals surface area contributed by atoms with Crippen molar-refractivity contribution in [3.63, 3.8) is 0 Å². The molecule has 0 bridgehead atoms. The summed E-state index contributed by atoms with van der Waals surface area (Å²) in [5, 5.41) is 3.36. The third-order valence-electron chi connectivity index (χ3n) is 4.13. The second-order valence-electron chi connectivity index (χ2n) is 5.85. The molecule has 26 heavy (non-hydrogen) atoms. The fraction of sp³-hybridized carbons (Fsp3) is 0. The van der Waals surface area contributed by atoms with Crippen molar-refractivity contribution in [3.05, 3.63) is 76.5 Å². The molecule has 0 radical (unpaired) electrons. The number of carbonyl (C=O) groups is 2. The Morgan fingerprint density at radius 3 is 2.58 bits per heavy atom. The van der Waals surface area contributed by atoms with Gasteiger partial charge in [-0.1, -0.05) is 23.7 Å². The predicted molar refractivity (Wildman–Crippen MR) is 101 cm³/mol. The summed E-state index contributed by atoms with van der Waals surface area (Å²) in [5.41, 5.74) is 8.43. The monoisotopic (exact) mass is 364 g/mol. The highest BCUT2D eigenvalue weighted by molar-refractivity contribution is 6.36. The first kappa shape index (κ1) is 16.2. The van der Waals surface area contributed by atoms with Crippen molar-refractivity contribution >= 4 is 40.8 Å². The van der Waals surface area contributed by atoms with Crippen molar-refractivity contribution in [3.8, 4) is 11.3 Å². The van der Waals surface area contributed by atoms with Crippen LogP contribution in [0.4, 0.5) is 5.69 Å². The van der Waals surface area contributed by atoms with Gasteiger partial charge in [0, 0.05) is 27.4 Å². The van der Waals surface area contributed by atoms with Crippen molar-refractivity contribution in [1.82, 2.24) is 0 Å². The fourth-order valence-corrected chi connectivity index (χ4v) is 3.00. The molecule has 0 spiro atoms. The molecule has 0 atom stereocenters. The van der Waals surface area contributed by atoms with E-state index in [9.17, 15) is 9.59 Å². The summed E-state index contributed by atoms with van der Waals surface area (Å²) in [6.45, 7) is 0. The molecule has 0 saturated carbocycles. The molecule has 2 heterocycles. The number of halogens is 1. The minimum Gasteiger partial charge on any atom is -0.457 e. The molecular formula is C20H13ClN2O3. The molecule has 0 aliphatic carbocycles. The number of furan rings is 1. The van der Waals surface area contributed by atoms with Gasteiger partial charge in [-0.15, -0.1) is 0 Å². The lowest BCUT2D eigenvalue weighted by molar-refractivity contribution is -0.110. The predicted octanol–water partition coefficient (Wildman–Crippen LogP) is 4.19. The normalized spacial score (nSPS) is 14.3. The highest BCUT2D eigenvalue weighted by Crippen LogP contribution is 2.35. The van der Waals surface area contributed by atoms with Crippen LogP contribution in [-0.2, 0) is 4.79 Å². The molecule has 128 valence electrons. The number of nitrogens with one attached hydrogen (secondary N) is 1. The maximum atomic E-state index is 12.2. The Morgan fingerprint density at radius 1 is 1.08 bits per heavy atom. The van der Waals surface area contributed by atoms with Gasteiger partial charge < -0.3 is 15.5 Å². The summed E-state index contributed by atoms with van der Waals surface area (Å²) >= 11 is 6.04. The van der Waals surface area contributed by atoms with Gasteiger partial charge in [0.15, 0.2) is 0 Å². The summed E-state index contributed by atoms with van der Waals surface area (Å²) < 4.78 is 5.82. The second-order valence-corrected chi connectivity index (χ2v) is 6.28. The first-order chi connectivity index (χ1) is 12.5. The zero-order valence-corrected chi connectivity index (χ0v) is 14.2. The van der Waals surface area contributed by atoms with Crippen molar-refractivity contribution < 1.29 is 14.0 Å². The summed E-state index contributed by atoms with van der Waals surface area (Å²) in [6.07, 6.45) is 1.68. The average molecular weight is 365 g/mol. The number of fused-ring (bicyclic) bond motifs is 1. The van der Waals surface area contributed by atoms with Gasteiger partial charge in [0.25, 0.3) is 5.91 Å². The molecule has 5 nitrogen and oxygen atoms in total. The minimum absolute atomic E-state index is 0.203. The lowest BCUT2D eigenvalue weighted by Gasteiger charge is -1.99. The summed E-state index contributed by atoms with van der Waals surface area (Å²) in [7, 11) is 0. The average Bonchev–Trinajstić information content (AvgIpc) is 3.21. The number of nitrogens with two attached hydrogens (primary N) is 1. The zero-order chi connectivity index (χ0) is 18.3. The second kappa shape index (κ2) is 6.20. The maximum Gasteiger partial charge on any atom is 0.256 e. The van der Waals surface area contributed by atoms with E-state index in [2.05, 4.69) is 5.32 Å². The molecule has 2 amide bonds. The van der Waals surface area contributed by atoms with E-state index in [-0.39, 0.29) is 5.91 Å². The number of amides is 2. The van der Waals surface area contributed by atoms with E-state index in [4.69, 9.17) is 21.8 Å². The summed E-state index contributed by atoms with van der Waals surface area (Å²) in [6, 6.07) is 15.6. The number of rotatable bonds is 3. The largest absolute Gasteiger partial charge is 0.457 e. The standard InChI is InChI=1S/C20H13ClN2O3/c21-13-5-7-17-15(9-13)16(20(25)23-17)10-14-6-8-18(26-14)11-1-3-12(4-2-11)19(22)24/h1-10H,(H2,22,24)(H,23,25)/b16-10-. The summed E-state index contributed by atoms with van der Waals surface area (Å²) in [5.74, 6) is 0.478. The van der Waals surface area contributed by atoms with Gasteiger partial charge in [0.2, 0.25) is 5.91 Å². The van der Waals surface area contributed by atoms with E-state index in [1.807, 2.05) is 0 Å². The number of hydrogen-bond acceptors (Lipinski definition) is 3. The van der Waals surface area contributed by atoms with Crippen molar-refractivity contribution in [1.29, 1.82) is 0 Å². The van der Waals surface area contributed by atoms with Crippen LogP contribution in [0.5, 0.6) is 0 Å². The Labute approximate surface area is 154 Å². The third kappa shape index (κ3) is 2.89. The van der Waals surface area contributed by atoms with Gasteiger partial charge >= 0.3 is 0 Å². The Balaban J connectivity index is 1.67. The lowest BCUT2D eigenvalue weighted by Crippen LogP contribution is -2.10. The molecule has 4 rings (SSSR count). The van der Waals surface area contributed by atoms with Crippen molar-refractivity contribution in [2.24, 2.45) is 5.73 Å². The van der Waals surface area contributed by atoms with Crippen LogP contribution in [0.3, 0.4) is 0 Å². The van der Waals surface area contributed by atoms with E-state index in [0.717, 1.165) is 16.8 Å². The van der Waals surface area contributed by atoms with E-state index < -0.39 is 5.91 Å². The van der Waals surface area contributed by atoms with Crippen LogP contribution in [0.2, 0.25) is 5.02 Å². The van der Waals surface area contributed by atoms with Crippen LogP contribution in [0, 0.1) is 0 Å². The van der Waals surface area contributed by atoms with Crippen molar-refractivity contribution in [2.75, 3.05) is 5.32 Å². The Morgan fingerprint density at radius 2 is 1.85 bits per heavy atom. The highest BCUT2D eigenvalue weighted by Gasteiger charge is 2.24. The van der Waals surface area contributed by atoms with E-state index in [1.165, 1.54) is 0 Å². The number of anilines is 1. The highest BCUT2D eigenvalue weighted by atomic mass is 35.5. The summed E-state index contributed by atoms with van der Waals surface area (Å²) in [4.78, 5) is 23.4. The lowest BCUT2D eigenvalue weighted by atomic mass is 10.1. The molecule has 6 heteroatoms. The quantitative estimate of drug-likeness (QED) is 0.683. The molecule has 2 aromatic carbocycles. The van der Waals surface area contributed by atoms with Crippen LogP contribution in [0.15, 0.2) is 59.0 Å². The Hall–Kier alpha value is -3.31. The molecule has 1 aliphatic rings. The van der Waals surface area contributed by atoms with Gasteiger partial charge in [-0.2, -0.15) is 0 Å². The van der Waals surface area contributed by atoms with E-state index in [1.54, 1.807) is 60.7 Å². The van der Waals surface area contributed by atoms with E-state index in [0.29, 0.717) is 27.7 Å². The molecule has 3 aromatic rings. The molecule has 1 aliphatic heterocycles.